The zero-order chi connectivity index (χ0) is 12.0. The highest BCUT2D eigenvalue weighted by molar-refractivity contribution is 5.98. The summed E-state index contributed by atoms with van der Waals surface area (Å²) in [7, 11) is 0. The minimum Gasteiger partial charge on any atom is -0.330 e. The van der Waals surface area contributed by atoms with Gasteiger partial charge < -0.3 is 5.73 Å². The first kappa shape index (κ1) is 12.9. The van der Waals surface area contributed by atoms with E-state index in [2.05, 4.69) is 13.8 Å². The van der Waals surface area contributed by atoms with E-state index in [9.17, 15) is 4.79 Å². The summed E-state index contributed by atoms with van der Waals surface area (Å²) in [5, 5.41) is 0. The van der Waals surface area contributed by atoms with Crippen molar-refractivity contribution >= 4 is 5.78 Å². The number of aryl methyl sites for hydroxylation is 1. The highest BCUT2D eigenvalue weighted by Gasteiger charge is 2.17. The van der Waals surface area contributed by atoms with Gasteiger partial charge in [0.25, 0.3) is 0 Å². The Morgan fingerprint density at radius 1 is 1.38 bits per heavy atom. The van der Waals surface area contributed by atoms with Crippen LogP contribution >= 0.6 is 0 Å². The second-order valence-corrected chi connectivity index (χ2v) is 4.14. The maximum absolute atomic E-state index is 12.2. The van der Waals surface area contributed by atoms with Gasteiger partial charge in [-0.3, -0.25) is 4.79 Å². The molecular formula is C14H21NO. The molecule has 2 N–H and O–H groups in total. The van der Waals surface area contributed by atoms with Crippen molar-refractivity contribution in [2.24, 2.45) is 11.7 Å². The van der Waals surface area contributed by atoms with Gasteiger partial charge >= 0.3 is 0 Å². The van der Waals surface area contributed by atoms with Gasteiger partial charge in [0.1, 0.15) is 0 Å². The SMILES string of the molecule is CCCC(CN)C(=O)c1cccc(CC)c1. The molecular weight excluding hydrogens is 198 g/mol. The Kier molecular flexibility index (Phi) is 5.20. The quantitative estimate of drug-likeness (QED) is 0.748. The van der Waals surface area contributed by atoms with Crippen molar-refractivity contribution in [3.05, 3.63) is 35.4 Å². The molecule has 1 unspecified atom stereocenters. The van der Waals surface area contributed by atoms with E-state index in [0.717, 1.165) is 24.8 Å². The van der Waals surface area contributed by atoms with E-state index >= 15 is 0 Å². The van der Waals surface area contributed by atoms with Gasteiger partial charge in [-0.1, -0.05) is 38.5 Å². The molecule has 2 heteroatoms. The Balaban J connectivity index is 2.85. The molecule has 16 heavy (non-hydrogen) atoms. The summed E-state index contributed by atoms with van der Waals surface area (Å²) >= 11 is 0. The second-order valence-electron chi connectivity index (χ2n) is 4.14. The van der Waals surface area contributed by atoms with Gasteiger partial charge in [-0.05, 0) is 24.5 Å². The Morgan fingerprint density at radius 2 is 2.12 bits per heavy atom. The van der Waals surface area contributed by atoms with Gasteiger partial charge in [-0.2, -0.15) is 0 Å². The summed E-state index contributed by atoms with van der Waals surface area (Å²) in [4.78, 5) is 12.2. The molecule has 0 aliphatic heterocycles. The van der Waals surface area contributed by atoms with Crippen molar-refractivity contribution in [3.8, 4) is 0 Å². The molecule has 0 amide bonds. The molecule has 1 aromatic rings. The molecule has 0 aromatic heterocycles. The summed E-state index contributed by atoms with van der Waals surface area (Å²) in [6.45, 7) is 4.62. The molecule has 0 saturated heterocycles. The average Bonchev–Trinajstić information content (AvgIpc) is 2.35. The molecule has 0 aliphatic rings. The van der Waals surface area contributed by atoms with E-state index in [0.29, 0.717) is 6.54 Å². The third kappa shape index (κ3) is 3.17. The number of carbonyl (C=O) groups excluding carboxylic acids is 1. The summed E-state index contributed by atoms with van der Waals surface area (Å²) in [5.74, 6) is 0.178. The van der Waals surface area contributed by atoms with Crippen LogP contribution in [0.2, 0.25) is 0 Å². The molecule has 0 aliphatic carbocycles. The fourth-order valence-electron chi connectivity index (χ4n) is 1.88. The molecule has 0 saturated carbocycles. The highest BCUT2D eigenvalue weighted by atomic mass is 16.1. The van der Waals surface area contributed by atoms with Gasteiger partial charge in [-0.25, -0.2) is 0 Å². The Hall–Kier alpha value is -1.15. The molecule has 1 aromatic carbocycles. The van der Waals surface area contributed by atoms with Crippen molar-refractivity contribution in [1.29, 1.82) is 0 Å². The van der Waals surface area contributed by atoms with Crippen LogP contribution in [0.4, 0.5) is 0 Å². The fourth-order valence-corrected chi connectivity index (χ4v) is 1.88. The summed E-state index contributed by atoms with van der Waals surface area (Å²) in [6.07, 6.45) is 2.84. The standard InChI is InChI=1S/C14H21NO/c1-3-6-13(10-15)14(16)12-8-5-7-11(4-2)9-12/h5,7-9,13H,3-4,6,10,15H2,1-2H3. The van der Waals surface area contributed by atoms with Gasteiger partial charge in [0.05, 0.1) is 0 Å². The Bertz CT molecular complexity index is 346. The zero-order valence-corrected chi connectivity index (χ0v) is 10.2. The van der Waals surface area contributed by atoms with Crippen molar-refractivity contribution in [2.45, 2.75) is 33.1 Å². The maximum atomic E-state index is 12.2. The summed E-state index contributed by atoms with van der Waals surface area (Å²) < 4.78 is 0. The van der Waals surface area contributed by atoms with E-state index < -0.39 is 0 Å². The number of Topliss-reactive ketones (excluding diaryl/α,β-unsaturated/α-hetero) is 1. The third-order valence-corrected chi connectivity index (χ3v) is 2.91. The van der Waals surface area contributed by atoms with Crippen LogP contribution in [0.15, 0.2) is 24.3 Å². The minimum absolute atomic E-state index is 0.0166. The number of hydrogen-bond donors (Lipinski definition) is 1. The van der Waals surface area contributed by atoms with Crippen molar-refractivity contribution in [3.63, 3.8) is 0 Å². The van der Waals surface area contributed by atoms with Crippen molar-refractivity contribution in [1.82, 2.24) is 0 Å². The van der Waals surface area contributed by atoms with Crippen LogP contribution in [0.3, 0.4) is 0 Å². The summed E-state index contributed by atoms with van der Waals surface area (Å²) in [5.41, 5.74) is 7.66. The van der Waals surface area contributed by atoms with Gasteiger partial charge in [0.15, 0.2) is 5.78 Å². The minimum atomic E-state index is -0.0166. The molecule has 2 nitrogen and oxygen atoms in total. The molecule has 0 heterocycles. The van der Waals surface area contributed by atoms with Gasteiger partial charge in [0.2, 0.25) is 0 Å². The fraction of sp³-hybridized carbons (Fsp3) is 0.500. The topological polar surface area (TPSA) is 43.1 Å². The lowest BCUT2D eigenvalue weighted by atomic mass is 9.92. The molecule has 0 fully saturated rings. The van der Waals surface area contributed by atoms with E-state index in [1.54, 1.807) is 0 Å². The van der Waals surface area contributed by atoms with Crippen LogP contribution in [0.5, 0.6) is 0 Å². The molecule has 88 valence electrons. The lowest BCUT2D eigenvalue weighted by molar-refractivity contribution is 0.0917. The van der Waals surface area contributed by atoms with Crippen LogP contribution in [0, 0.1) is 5.92 Å². The highest BCUT2D eigenvalue weighted by Crippen LogP contribution is 2.15. The number of ketones is 1. The zero-order valence-electron chi connectivity index (χ0n) is 10.2. The summed E-state index contributed by atoms with van der Waals surface area (Å²) in [6, 6.07) is 7.88. The first-order chi connectivity index (χ1) is 7.72. The predicted octanol–water partition coefficient (Wildman–Crippen LogP) is 2.81. The lowest BCUT2D eigenvalue weighted by Gasteiger charge is -2.12. The Morgan fingerprint density at radius 3 is 2.69 bits per heavy atom. The van der Waals surface area contributed by atoms with E-state index in [4.69, 9.17) is 5.73 Å². The monoisotopic (exact) mass is 219 g/mol. The first-order valence-corrected chi connectivity index (χ1v) is 6.06. The van der Waals surface area contributed by atoms with Crippen LogP contribution in [-0.2, 0) is 6.42 Å². The first-order valence-electron chi connectivity index (χ1n) is 6.06. The largest absolute Gasteiger partial charge is 0.330 e. The lowest BCUT2D eigenvalue weighted by Crippen LogP contribution is -2.23. The molecule has 1 rings (SSSR count). The van der Waals surface area contributed by atoms with Crippen molar-refractivity contribution in [2.75, 3.05) is 6.54 Å². The average molecular weight is 219 g/mol. The van der Waals surface area contributed by atoms with Crippen molar-refractivity contribution < 1.29 is 4.79 Å². The second kappa shape index (κ2) is 6.44. The number of nitrogens with two attached hydrogens (primary N) is 1. The van der Waals surface area contributed by atoms with E-state index in [1.165, 1.54) is 5.56 Å². The predicted molar refractivity (Wildman–Crippen MR) is 67.6 cm³/mol. The smallest absolute Gasteiger partial charge is 0.167 e. The van der Waals surface area contributed by atoms with Gasteiger partial charge in [0, 0.05) is 18.0 Å². The van der Waals surface area contributed by atoms with E-state index in [-0.39, 0.29) is 11.7 Å². The number of carbonyl (C=O) groups is 1. The van der Waals surface area contributed by atoms with Crippen LogP contribution < -0.4 is 5.73 Å². The molecule has 1 atom stereocenters. The van der Waals surface area contributed by atoms with E-state index in [1.807, 2.05) is 24.3 Å². The maximum Gasteiger partial charge on any atom is 0.167 e. The van der Waals surface area contributed by atoms with Crippen LogP contribution in [0.25, 0.3) is 0 Å². The van der Waals surface area contributed by atoms with Crippen LogP contribution in [0.1, 0.15) is 42.6 Å². The normalized spacial score (nSPS) is 12.4. The third-order valence-electron chi connectivity index (χ3n) is 2.91. The number of hydrogen-bond acceptors (Lipinski definition) is 2. The Labute approximate surface area is 97.9 Å². The molecule has 0 radical (unpaired) electrons. The molecule has 0 bridgehead atoms. The number of rotatable bonds is 6. The number of benzene rings is 1. The van der Waals surface area contributed by atoms with Crippen LogP contribution in [-0.4, -0.2) is 12.3 Å². The molecule has 0 spiro atoms. The van der Waals surface area contributed by atoms with Gasteiger partial charge in [-0.15, -0.1) is 0 Å².